The van der Waals surface area contributed by atoms with Crippen molar-refractivity contribution >= 4 is 34.0 Å². The number of fused-ring (bicyclic) bond motifs is 1. The lowest BCUT2D eigenvalue weighted by Crippen LogP contribution is -2.13. The van der Waals surface area contributed by atoms with E-state index in [1.165, 1.54) is 11.3 Å². The molecule has 0 radical (unpaired) electrons. The quantitative estimate of drug-likeness (QED) is 0.895. The van der Waals surface area contributed by atoms with Crippen molar-refractivity contribution in [2.24, 2.45) is 0 Å². The number of carbonyl (C=O) groups is 2. The van der Waals surface area contributed by atoms with Crippen molar-refractivity contribution in [3.05, 3.63) is 34.3 Å². The molecule has 0 bridgehead atoms. The predicted octanol–water partition coefficient (Wildman–Crippen LogP) is 2.21. The van der Waals surface area contributed by atoms with E-state index in [2.05, 4.69) is 20.8 Å². The summed E-state index contributed by atoms with van der Waals surface area (Å²) in [5.74, 6) is -0.232. The van der Waals surface area contributed by atoms with Gasteiger partial charge < -0.3 is 10.1 Å². The molecule has 1 aromatic heterocycles. The van der Waals surface area contributed by atoms with Crippen LogP contribution in [-0.2, 0) is 22.6 Å². The highest BCUT2D eigenvalue weighted by Crippen LogP contribution is 2.24. The number of hydrogen-bond donors (Lipinski definition) is 2. The summed E-state index contributed by atoms with van der Waals surface area (Å²) >= 11 is 1.28. The van der Waals surface area contributed by atoms with Crippen molar-refractivity contribution < 1.29 is 14.3 Å². The summed E-state index contributed by atoms with van der Waals surface area (Å²) in [6.07, 6.45) is 2.05. The molecule has 2 amide bonds. The van der Waals surface area contributed by atoms with Gasteiger partial charge in [-0.05, 0) is 36.6 Å². The van der Waals surface area contributed by atoms with Gasteiger partial charge in [0.1, 0.15) is 11.6 Å². The first-order valence-electron chi connectivity index (χ1n) is 7.21. The normalized spacial score (nSPS) is 13.9. The van der Waals surface area contributed by atoms with Gasteiger partial charge in [0.15, 0.2) is 0 Å². The summed E-state index contributed by atoms with van der Waals surface area (Å²) in [6.45, 7) is 0.367. The van der Waals surface area contributed by atoms with E-state index in [1.807, 2.05) is 6.07 Å². The van der Waals surface area contributed by atoms with Crippen LogP contribution in [0.25, 0.3) is 0 Å². The molecule has 7 nitrogen and oxygen atoms in total. The van der Waals surface area contributed by atoms with Crippen LogP contribution in [0, 0.1) is 0 Å². The number of methoxy groups -OCH3 is 1. The highest BCUT2D eigenvalue weighted by Gasteiger charge is 2.16. The zero-order valence-electron chi connectivity index (χ0n) is 12.6. The van der Waals surface area contributed by atoms with E-state index >= 15 is 0 Å². The standard InChI is InChI=1S/C15H16N4O3S/c1-22-8-13-18-19-15(23-13)17-14(21)10-5-6-11-9(7-10)3-2-4-12(20)16-11/h5-7H,2-4,8H2,1H3,(H,16,20)(H,17,19,21). The maximum Gasteiger partial charge on any atom is 0.257 e. The van der Waals surface area contributed by atoms with Crippen molar-refractivity contribution in [1.29, 1.82) is 0 Å². The average Bonchev–Trinajstić information content (AvgIpc) is 2.87. The van der Waals surface area contributed by atoms with Crippen LogP contribution in [0.15, 0.2) is 18.2 Å². The van der Waals surface area contributed by atoms with Gasteiger partial charge >= 0.3 is 0 Å². The fraction of sp³-hybridized carbons (Fsp3) is 0.333. The maximum absolute atomic E-state index is 12.3. The minimum Gasteiger partial charge on any atom is -0.377 e. The van der Waals surface area contributed by atoms with E-state index in [9.17, 15) is 9.59 Å². The average molecular weight is 332 g/mol. The maximum atomic E-state index is 12.3. The first kappa shape index (κ1) is 15.6. The first-order valence-corrected chi connectivity index (χ1v) is 8.03. The number of aryl methyl sites for hydroxylation is 1. The topological polar surface area (TPSA) is 93.2 Å². The molecule has 0 saturated carbocycles. The Kier molecular flexibility index (Phi) is 4.63. The third-order valence-corrected chi connectivity index (χ3v) is 4.26. The number of rotatable bonds is 4. The van der Waals surface area contributed by atoms with Gasteiger partial charge in [-0.1, -0.05) is 11.3 Å². The van der Waals surface area contributed by atoms with E-state index in [0.717, 1.165) is 24.1 Å². The number of anilines is 2. The zero-order valence-corrected chi connectivity index (χ0v) is 13.4. The summed E-state index contributed by atoms with van der Waals surface area (Å²) in [7, 11) is 1.58. The number of nitrogens with zero attached hydrogens (tertiary/aromatic N) is 2. The number of aromatic nitrogens is 2. The highest BCUT2D eigenvalue weighted by atomic mass is 32.1. The summed E-state index contributed by atoms with van der Waals surface area (Å²) in [6, 6.07) is 5.27. The van der Waals surface area contributed by atoms with Crippen LogP contribution in [0.1, 0.15) is 33.8 Å². The van der Waals surface area contributed by atoms with Crippen LogP contribution in [0.3, 0.4) is 0 Å². The molecule has 0 fully saturated rings. The lowest BCUT2D eigenvalue weighted by Gasteiger charge is -2.08. The lowest BCUT2D eigenvalue weighted by atomic mass is 10.0. The smallest absolute Gasteiger partial charge is 0.257 e. The second-order valence-corrected chi connectivity index (χ2v) is 6.22. The summed E-state index contributed by atoms with van der Waals surface area (Å²) in [4.78, 5) is 23.9. The summed E-state index contributed by atoms with van der Waals surface area (Å²) < 4.78 is 4.97. The van der Waals surface area contributed by atoms with E-state index in [0.29, 0.717) is 28.7 Å². The Labute approximate surface area is 137 Å². The fourth-order valence-corrected chi connectivity index (χ4v) is 3.08. The molecule has 0 aliphatic carbocycles. The molecule has 0 unspecified atom stereocenters. The molecule has 2 aromatic rings. The van der Waals surface area contributed by atoms with Crippen molar-refractivity contribution in [2.45, 2.75) is 25.9 Å². The lowest BCUT2D eigenvalue weighted by molar-refractivity contribution is -0.116. The Morgan fingerprint density at radius 3 is 3.09 bits per heavy atom. The molecule has 1 aliphatic rings. The van der Waals surface area contributed by atoms with Crippen LogP contribution in [0.2, 0.25) is 0 Å². The second kappa shape index (κ2) is 6.84. The first-order chi connectivity index (χ1) is 11.2. The molecule has 8 heteroatoms. The van der Waals surface area contributed by atoms with Gasteiger partial charge in [-0.2, -0.15) is 0 Å². The largest absolute Gasteiger partial charge is 0.377 e. The molecule has 1 aromatic carbocycles. The van der Waals surface area contributed by atoms with Gasteiger partial charge in [-0.3, -0.25) is 14.9 Å². The summed E-state index contributed by atoms with van der Waals surface area (Å²) in [5.41, 5.74) is 2.28. The van der Waals surface area contributed by atoms with E-state index < -0.39 is 0 Å². The van der Waals surface area contributed by atoms with Gasteiger partial charge in [0.2, 0.25) is 11.0 Å². The SMILES string of the molecule is COCc1nnc(NC(=O)c2ccc3c(c2)CCCC(=O)N3)s1. The van der Waals surface area contributed by atoms with Crippen molar-refractivity contribution in [1.82, 2.24) is 10.2 Å². The molecule has 3 rings (SSSR count). The monoisotopic (exact) mass is 332 g/mol. The van der Waals surface area contributed by atoms with Crippen LogP contribution in [0.4, 0.5) is 10.8 Å². The molecule has 0 saturated heterocycles. The predicted molar refractivity (Wildman–Crippen MR) is 86.6 cm³/mol. The van der Waals surface area contributed by atoms with Crippen molar-refractivity contribution in [3.63, 3.8) is 0 Å². The third kappa shape index (κ3) is 3.72. The van der Waals surface area contributed by atoms with E-state index in [1.54, 1.807) is 19.2 Å². The molecule has 120 valence electrons. The van der Waals surface area contributed by atoms with Crippen LogP contribution in [0.5, 0.6) is 0 Å². The van der Waals surface area contributed by atoms with Gasteiger partial charge in [-0.15, -0.1) is 10.2 Å². The zero-order chi connectivity index (χ0) is 16.2. The Morgan fingerprint density at radius 2 is 2.26 bits per heavy atom. The minimum atomic E-state index is -0.247. The number of amides is 2. The van der Waals surface area contributed by atoms with E-state index in [-0.39, 0.29) is 11.8 Å². The van der Waals surface area contributed by atoms with Gasteiger partial charge in [-0.25, -0.2) is 0 Å². The Balaban J connectivity index is 1.74. The van der Waals surface area contributed by atoms with Crippen LogP contribution in [-0.4, -0.2) is 29.1 Å². The Hall–Kier alpha value is -2.32. The molecule has 2 N–H and O–H groups in total. The van der Waals surface area contributed by atoms with Crippen molar-refractivity contribution in [2.75, 3.05) is 17.7 Å². The molecule has 0 atom stereocenters. The number of nitrogens with one attached hydrogen (secondary N) is 2. The van der Waals surface area contributed by atoms with Gasteiger partial charge in [0.05, 0.1) is 0 Å². The summed E-state index contributed by atoms with van der Waals surface area (Å²) in [5, 5.41) is 14.6. The molecular weight excluding hydrogens is 316 g/mol. The van der Waals surface area contributed by atoms with Gasteiger partial charge in [0, 0.05) is 24.8 Å². The second-order valence-electron chi connectivity index (χ2n) is 5.16. The number of benzene rings is 1. The molecule has 0 spiro atoms. The molecule has 1 aliphatic heterocycles. The highest BCUT2D eigenvalue weighted by molar-refractivity contribution is 7.15. The molecule has 23 heavy (non-hydrogen) atoms. The Bertz CT molecular complexity index is 744. The van der Waals surface area contributed by atoms with Crippen LogP contribution < -0.4 is 10.6 Å². The van der Waals surface area contributed by atoms with Gasteiger partial charge in [0.25, 0.3) is 5.91 Å². The molecule has 2 heterocycles. The fourth-order valence-electron chi connectivity index (χ4n) is 2.37. The van der Waals surface area contributed by atoms with Crippen LogP contribution >= 0.6 is 11.3 Å². The number of hydrogen-bond acceptors (Lipinski definition) is 6. The Morgan fingerprint density at radius 1 is 1.39 bits per heavy atom. The van der Waals surface area contributed by atoms with E-state index in [4.69, 9.17) is 4.74 Å². The molecular formula is C15H16N4O3S. The minimum absolute atomic E-state index is 0.0143. The van der Waals surface area contributed by atoms with Crippen molar-refractivity contribution in [3.8, 4) is 0 Å². The number of ether oxygens (including phenoxy) is 1. The third-order valence-electron chi connectivity index (χ3n) is 3.45. The number of carbonyl (C=O) groups excluding carboxylic acids is 2.